The highest BCUT2D eigenvalue weighted by Crippen LogP contribution is 2.27. The third-order valence-electron chi connectivity index (χ3n) is 6.01. The highest BCUT2D eigenvalue weighted by molar-refractivity contribution is 5.93. The SMILES string of the molecule is CCCCC1COC(=O)N1C1CCN(C(=O)c2nn(-c3ccccc3)nc2C)CC1. The van der Waals surface area contributed by atoms with Crippen LogP contribution in [0.5, 0.6) is 0 Å². The normalized spacial score (nSPS) is 19.9. The Morgan fingerprint density at radius 3 is 2.60 bits per heavy atom. The van der Waals surface area contributed by atoms with Crippen LogP contribution in [-0.2, 0) is 4.74 Å². The number of rotatable bonds is 6. The molecule has 0 saturated carbocycles. The van der Waals surface area contributed by atoms with E-state index in [1.54, 1.807) is 0 Å². The lowest BCUT2D eigenvalue weighted by Crippen LogP contribution is -2.49. The van der Waals surface area contributed by atoms with Crippen LogP contribution in [0.25, 0.3) is 5.69 Å². The first-order valence-electron chi connectivity index (χ1n) is 10.8. The van der Waals surface area contributed by atoms with Crippen LogP contribution in [0, 0.1) is 6.92 Å². The second-order valence-corrected chi connectivity index (χ2v) is 8.06. The van der Waals surface area contributed by atoms with Crippen molar-refractivity contribution in [3.63, 3.8) is 0 Å². The van der Waals surface area contributed by atoms with Crippen LogP contribution >= 0.6 is 0 Å². The lowest BCUT2D eigenvalue weighted by atomic mass is 10.00. The molecule has 2 amide bonds. The standard InChI is InChI=1S/C22H29N5O3/c1-3-4-8-19-15-30-22(29)26(19)17-11-13-25(14-12-17)21(28)20-16(2)23-27(24-20)18-9-6-5-7-10-18/h5-7,9-10,17,19H,3-4,8,11-15H2,1-2H3. The van der Waals surface area contributed by atoms with Gasteiger partial charge in [0.15, 0.2) is 5.69 Å². The van der Waals surface area contributed by atoms with E-state index < -0.39 is 0 Å². The molecule has 3 heterocycles. The number of amides is 2. The van der Waals surface area contributed by atoms with E-state index >= 15 is 0 Å². The summed E-state index contributed by atoms with van der Waals surface area (Å²) in [5, 5.41) is 8.85. The fourth-order valence-electron chi connectivity index (χ4n) is 4.33. The highest BCUT2D eigenvalue weighted by atomic mass is 16.6. The topological polar surface area (TPSA) is 80.6 Å². The van der Waals surface area contributed by atoms with Crippen molar-refractivity contribution in [3.05, 3.63) is 41.7 Å². The van der Waals surface area contributed by atoms with Gasteiger partial charge in [-0.2, -0.15) is 9.90 Å². The van der Waals surface area contributed by atoms with Gasteiger partial charge in [0, 0.05) is 19.1 Å². The lowest BCUT2D eigenvalue weighted by molar-refractivity contribution is 0.0627. The molecule has 2 fully saturated rings. The van der Waals surface area contributed by atoms with E-state index in [9.17, 15) is 9.59 Å². The van der Waals surface area contributed by atoms with Gasteiger partial charge in [-0.1, -0.05) is 38.0 Å². The summed E-state index contributed by atoms with van der Waals surface area (Å²) in [5.41, 5.74) is 1.83. The average molecular weight is 412 g/mol. The van der Waals surface area contributed by atoms with Gasteiger partial charge >= 0.3 is 6.09 Å². The van der Waals surface area contributed by atoms with Gasteiger partial charge in [-0.15, -0.1) is 5.10 Å². The number of para-hydroxylation sites is 1. The van der Waals surface area contributed by atoms with Gasteiger partial charge in [0.1, 0.15) is 6.61 Å². The predicted molar refractivity (Wildman–Crippen MR) is 112 cm³/mol. The van der Waals surface area contributed by atoms with E-state index in [1.807, 2.05) is 47.1 Å². The van der Waals surface area contributed by atoms with Gasteiger partial charge < -0.3 is 9.64 Å². The van der Waals surface area contributed by atoms with Crippen molar-refractivity contribution in [2.75, 3.05) is 19.7 Å². The number of ether oxygens (including phenoxy) is 1. The van der Waals surface area contributed by atoms with E-state index in [1.165, 1.54) is 4.80 Å². The second kappa shape index (κ2) is 8.85. The smallest absolute Gasteiger partial charge is 0.410 e. The maximum absolute atomic E-state index is 13.1. The van der Waals surface area contributed by atoms with Crippen LogP contribution in [-0.4, -0.2) is 68.6 Å². The predicted octanol–water partition coefficient (Wildman–Crippen LogP) is 3.19. The number of benzene rings is 1. The van der Waals surface area contributed by atoms with Crippen LogP contribution in [0.3, 0.4) is 0 Å². The monoisotopic (exact) mass is 411 g/mol. The maximum Gasteiger partial charge on any atom is 0.410 e. The zero-order valence-corrected chi connectivity index (χ0v) is 17.7. The van der Waals surface area contributed by atoms with E-state index in [4.69, 9.17) is 4.74 Å². The number of likely N-dealkylation sites (tertiary alicyclic amines) is 1. The molecule has 4 rings (SSSR count). The summed E-state index contributed by atoms with van der Waals surface area (Å²) in [6, 6.07) is 9.87. The van der Waals surface area contributed by atoms with E-state index in [2.05, 4.69) is 17.1 Å². The molecule has 30 heavy (non-hydrogen) atoms. The fraction of sp³-hybridized carbons (Fsp3) is 0.545. The number of hydrogen-bond donors (Lipinski definition) is 0. The number of hydrogen-bond acceptors (Lipinski definition) is 5. The van der Waals surface area contributed by atoms with Crippen LogP contribution in [0.2, 0.25) is 0 Å². The Morgan fingerprint density at radius 1 is 1.17 bits per heavy atom. The van der Waals surface area contributed by atoms with Gasteiger partial charge in [0.2, 0.25) is 0 Å². The highest BCUT2D eigenvalue weighted by Gasteiger charge is 2.39. The molecular formula is C22H29N5O3. The molecule has 0 N–H and O–H groups in total. The molecule has 1 aromatic heterocycles. The number of piperidine rings is 1. The third-order valence-corrected chi connectivity index (χ3v) is 6.01. The summed E-state index contributed by atoms with van der Waals surface area (Å²) < 4.78 is 5.32. The van der Waals surface area contributed by atoms with Crippen molar-refractivity contribution < 1.29 is 14.3 Å². The van der Waals surface area contributed by atoms with Crippen molar-refractivity contribution in [2.45, 2.75) is 58.0 Å². The molecule has 8 heteroatoms. The molecule has 1 unspecified atom stereocenters. The summed E-state index contributed by atoms with van der Waals surface area (Å²) in [5.74, 6) is -0.0975. The first kappa shape index (κ1) is 20.4. The molecule has 0 spiro atoms. The summed E-state index contributed by atoms with van der Waals surface area (Å²) in [4.78, 5) is 30.6. The number of carbonyl (C=O) groups excluding carboxylic acids is 2. The second-order valence-electron chi connectivity index (χ2n) is 8.06. The Labute approximate surface area is 176 Å². The molecule has 2 aliphatic rings. The molecule has 0 bridgehead atoms. The molecule has 160 valence electrons. The van der Waals surface area contributed by atoms with Crippen molar-refractivity contribution in [2.24, 2.45) is 0 Å². The average Bonchev–Trinajstić information content (AvgIpc) is 3.35. The number of nitrogens with zero attached hydrogens (tertiary/aromatic N) is 5. The quantitative estimate of drug-likeness (QED) is 0.729. The number of aryl methyl sites for hydroxylation is 1. The molecule has 2 aromatic rings. The molecule has 0 radical (unpaired) electrons. The molecular weight excluding hydrogens is 382 g/mol. The molecule has 1 aromatic carbocycles. The minimum absolute atomic E-state index is 0.0975. The van der Waals surface area contributed by atoms with Crippen molar-refractivity contribution in [3.8, 4) is 5.69 Å². The van der Waals surface area contributed by atoms with Gasteiger partial charge in [-0.25, -0.2) is 4.79 Å². The number of carbonyl (C=O) groups is 2. The first-order chi connectivity index (χ1) is 14.6. The van der Waals surface area contributed by atoms with Gasteiger partial charge in [0.05, 0.1) is 17.4 Å². The van der Waals surface area contributed by atoms with Crippen molar-refractivity contribution in [1.82, 2.24) is 24.8 Å². The maximum atomic E-state index is 13.1. The fourth-order valence-corrected chi connectivity index (χ4v) is 4.33. The zero-order valence-electron chi connectivity index (χ0n) is 17.7. The zero-order chi connectivity index (χ0) is 21.1. The molecule has 2 saturated heterocycles. The summed E-state index contributed by atoms with van der Waals surface area (Å²) in [7, 11) is 0. The Kier molecular flexibility index (Phi) is 6.01. The number of aromatic nitrogens is 3. The third kappa shape index (κ3) is 4.04. The Bertz CT molecular complexity index is 889. The molecule has 8 nitrogen and oxygen atoms in total. The van der Waals surface area contributed by atoms with Gasteiger partial charge in [-0.3, -0.25) is 9.69 Å². The summed E-state index contributed by atoms with van der Waals surface area (Å²) in [6.07, 6.45) is 4.48. The van der Waals surface area contributed by atoms with Crippen LogP contribution < -0.4 is 0 Å². The number of unbranched alkanes of at least 4 members (excludes halogenated alkanes) is 1. The Balaban J connectivity index is 1.40. The minimum Gasteiger partial charge on any atom is -0.447 e. The largest absolute Gasteiger partial charge is 0.447 e. The van der Waals surface area contributed by atoms with Crippen LogP contribution in [0.15, 0.2) is 30.3 Å². The Hall–Kier alpha value is -2.90. The van der Waals surface area contributed by atoms with E-state index in [0.717, 1.165) is 37.8 Å². The van der Waals surface area contributed by atoms with E-state index in [-0.39, 0.29) is 24.1 Å². The van der Waals surface area contributed by atoms with E-state index in [0.29, 0.717) is 31.1 Å². The van der Waals surface area contributed by atoms with Crippen molar-refractivity contribution >= 4 is 12.0 Å². The molecule has 0 aliphatic carbocycles. The molecule has 1 atom stereocenters. The number of cyclic esters (lactones) is 1. The van der Waals surface area contributed by atoms with Crippen LogP contribution in [0.1, 0.15) is 55.2 Å². The van der Waals surface area contributed by atoms with Crippen LogP contribution in [0.4, 0.5) is 4.79 Å². The van der Waals surface area contributed by atoms with Gasteiger partial charge in [-0.05, 0) is 38.3 Å². The first-order valence-corrected chi connectivity index (χ1v) is 10.8. The molecule has 2 aliphatic heterocycles. The lowest BCUT2D eigenvalue weighted by Gasteiger charge is -2.37. The summed E-state index contributed by atoms with van der Waals surface area (Å²) in [6.45, 7) is 5.66. The Morgan fingerprint density at radius 2 is 1.90 bits per heavy atom. The minimum atomic E-state index is -0.206. The summed E-state index contributed by atoms with van der Waals surface area (Å²) >= 11 is 0. The van der Waals surface area contributed by atoms with Gasteiger partial charge in [0.25, 0.3) is 5.91 Å². The van der Waals surface area contributed by atoms with Crippen molar-refractivity contribution in [1.29, 1.82) is 0 Å².